The van der Waals surface area contributed by atoms with Gasteiger partial charge >= 0.3 is 0 Å². The van der Waals surface area contributed by atoms with Crippen molar-refractivity contribution < 1.29 is 9.26 Å². The molecule has 2 heterocycles. The Bertz CT molecular complexity index is 931. The van der Waals surface area contributed by atoms with Crippen LogP contribution in [0.1, 0.15) is 25.2 Å². The molecule has 166 valence electrons. The monoisotopic (exact) mass is 536 g/mol. The molecule has 0 saturated carbocycles. The number of rotatable bonds is 9. The lowest BCUT2D eigenvalue weighted by Crippen LogP contribution is -2.38. The molecule has 0 spiro atoms. The summed E-state index contributed by atoms with van der Waals surface area (Å²) in [4.78, 5) is 15.4. The molecule has 0 aliphatic carbocycles. The number of pyridine rings is 1. The fourth-order valence-corrected chi connectivity index (χ4v) is 2.89. The summed E-state index contributed by atoms with van der Waals surface area (Å²) >= 11 is 0. The Kier molecular flexibility index (Phi) is 10.2. The van der Waals surface area contributed by atoms with Gasteiger partial charge in [0.1, 0.15) is 11.4 Å². The maximum absolute atomic E-state index is 5.50. The Balaban J connectivity index is 0.00000341. The number of hydrogen-bond donors (Lipinski definition) is 1. The van der Waals surface area contributed by atoms with Gasteiger partial charge in [0, 0.05) is 39.3 Å². The average Bonchev–Trinajstić information content (AvgIpc) is 3.24. The zero-order valence-corrected chi connectivity index (χ0v) is 20.4. The zero-order chi connectivity index (χ0) is 21.2. The molecule has 0 atom stereocenters. The highest BCUT2D eigenvalue weighted by Gasteiger charge is 2.10. The molecule has 0 amide bonds. The molecule has 0 aliphatic heterocycles. The minimum Gasteiger partial charge on any atom is -0.494 e. The van der Waals surface area contributed by atoms with Crippen LogP contribution in [0.4, 0.5) is 0 Å². The third-order valence-electron chi connectivity index (χ3n) is 4.30. The van der Waals surface area contributed by atoms with Gasteiger partial charge in [-0.2, -0.15) is 4.98 Å². The van der Waals surface area contributed by atoms with E-state index in [1.54, 1.807) is 6.20 Å². The van der Waals surface area contributed by atoms with Crippen molar-refractivity contribution in [1.82, 2.24) is 25.3 Å². The van der Waals surface area contributed by atoms with Gasteiger partial charge in [0.25, 0.3) is 5.89 Å². The van der Waals surface area contributed by atoms with E-state index in [9.17, 15) is 0 Å². The van der Waals surface area contributed by atoms with Crippen LogP contribution in [0.3, 0.4) is 0 Å². The van der Waals surface area contributed by atoms with Crippen LogP contribution in [0, 0.1) is 0 Å². The first-order chi connectivity index (χ1) is 14.7. The lowest BCUT2D eigenvalue weighted by Gasteiger charge is -2.22. The summed E-state index contributed by atoms with van der Waals surface area (Å²) in [5, 5.41) is 7.36. The standard InChI is InChI=1S/C22H28N6O2.HI/c1-4-23-22(28(3)16-17-9-11-18(12-10-17)29-5-2)25-15-13-20-26-21(30-27-20)19-8-6-7-14-24-19;/h6-12,14H,4-5,13,15-16H2,1-3H3,(H,23,25);1H. The fourth-order valence-electron chi connectivity index (χ4n) is 2.89. The van der Waals surface area contributed by atoms with E-state index in [1.807, 2.05) is 44.3 Å². The molecule has 2 aromatic heterocycles. The SMILES string of the molecule is CCNC(=NCCc1noc(-c2ccccn2)n1)N(C)Cc1ccc(OCC)cc1.I. The highest BCUT2D eigenvalue weighted by Crippen LogP contribution is 2.14. The number of nitrogens with one attached hydrogen (secondary N) is 1. The minimum atomic E-state index is 0. The molecule has 0 unspecified atom stereocenters. The zero-order valence-electron chi connectivity index (χ0n) is 18.1. The van der Waals surface area contributed by atoms with E-state index in [0.717, 1.165) is 24.8 Å². The summed E-state index contributed by atoms with van der Waals surface area (Å²) < 4.78 is 10.8. The number of benzene rings is 1. The number of ether oxygens (including phenoxy) is 1. The summed E-state index contributed by atoms with van der Waals surface area (Å²) in [6, 6.07) is 13.7. The minimum absolute atomic E-state index is 0. The molecule has 3 rings (SSSR count). The van der Waals surface area contributed by atoms with Gasteiger partial charge in [-0.1, -0.05) is 23.4 Å². The first-order valence-corrected chi connectivity index (χ1v) is 10.1. The van der Waals surface area contributed by atoms with Crippen LogP contribution in [0.15, 0.2) is 58.2 Å². The maximum Gasteiger partial charge on any atom is 0.276 e. The molecule has 0 radical (unpaired) electrons. The van der Waals surface area contributed by atoms with Crippen LogP contribution in [0.2, 0.25) is 0 Å². The van der Waals surface area contributed by atoms with Crippen molar-refractivity contribution in [2.45, 2.75) is 26.8 Å². The maximum atomic E-state index is 5.50. The Morgan fingerprint density at radius 1 is 1.16 bits per heavy atom. The van der Waals surface area contributed by atoms with E-state index >= 15 is 0 Å². The normalized spacial score (nSPS) is 11.0. The first-order valence-electron chi connectivity index (χ1n) is 10.1. The van der Waals surface area contributed by atoms with E-state index in [-0.39, 0.29) is 24.0 Å². The Labute approximate surface area is 200 Å². The van der Waals surface area contributed by atoms with E-state index in [0.29, 0.717) is 37.0 Å². The summed E-state index contributed by atoms with van der Waals surface area (Å²) in [6.45, 7) is 6.79. The summed E-state index contributed by atoms with van der Waals surface area (Å²) in [6.07, 6.45) is 2.29. The average molecular weight is 536 g/mol. The molecular formula is C22H29IN6O2. The second-order valence-electron chi connectivity index (χ2n) is 6.65. The van der Waals surface area contributed by atoms with Gasteiger partial charge in [0.2, 0.25) is 0 Å². The second-order valence-corrected chi connectivity index (χ2v) is 6.65. The molecule has 0 saturated heterocycles. The lowest BCUT2D eigenvalue weighted by molar-refractivity contribution is 0.340. The molecule has 0 bridgehead atoms. The van der Waals surface area contributed by atoms with Crippen molar-refractivity contribution in [2.24, 2.45) is 4.99 Å². The van der Waals surface area contributed by atoms with Crippen molar-refractivity contribution in [2.75, 3.05) is 26.7 Å². The van der Waals surface area contributed by atoms with Gasteiger partial charge < -0.3 is 19.5 Å². The van der Waals surface area contributed by atoms with E-state index < -0.39 is 0 Å². The van der Waals surface area contributed by atoms with E-state index in [1.165, 1.54) is 5.56 Å². The Hall–Kier alpha value is -2.69. The molecule has 0 fully saturated rings. The Morgan fingerprint density at radius 3 is 2.65 bits per heavy atom. The molecule has 8 nitrogen and oxygen atoms in total. The predicted molar refractivity (Wildman–Crippen MR) is 132 cm³/mol. The van der Waals surface area contributed by atoms with Crippen LogP contribution in [-0.4, -0.2) is 52.7 Å². The molecule has 9 heteroatoms. The second kappa shape index (κ2) is 12.9. The van der Waals surface area contributed by atoms with Crippen LogP contribution in [-0.2, 0) is 13.0 Å². The van der Waals surface area contributed by atoms with Gasteiger partial charge in [0.05, 0.1) is 6.61 Å². The summed E-state index contributed by atoms with van der Waals surface area (Å²) in [5.74, 6) is 2.76. The molecule has 3 aromatic rings. The van der Waals surface area contributed by atoms with Crippen molar-refractivity contribution in [3.05, 3.63) is 60.0 Å². The van der Waals surface area contributed by atoms with Gasteiger partial charge in [-0.25, -0.2) is 0 Å². The largest absolute Gasteiger partial charge is 0.494 e. The number of hydrogen-bond acceptors (Lipinski definition) is 6. The highest BCUT2D eigenvalue weighted by atomic mass is 127. The lowest BCUT2D eigenvalue weighted by atomic mass is 10.2. The third kappa shape index (κ3) is 7.50. The predicted octanol–water partition coefficient (Wildman–Crippen LogP) is 3.79. The summed E-state index contributed by atoms with van der Waals surface area (Å²) in [5.41, 5.74) is 1.85. The molecule has 0 aliphatic rings. The van der Waals surface area contributed by atoms with Gasteiger partial charge in [0.15, 0.2) is 11.8 Å². The van der Waals surface area contributed by atoms with Crippen LogP contribution in [0.5, 0.6) is 5.75 Å². The van der Waals surface area contributed by atoms with Crippen LogP contribution < -0.4 is 10.1 Å². The first kappa shape index (κ1) is 24.6. The van der Waals surface area contributed by atoms with Gasteiger partial charge in [-0.05, 0) is 43.7 Å². The summed E-state index contributed by atoms with van der Waals surface area (Å²) in [7, 11) is 2.02. The highest BCUT2D eigenvalue weighted by molar-refractivity contribution is 14.0. The van der Waals surface area contributed by atoms with Crippen molar-refractivity contribution >= 4 is 29.9 Å². The number of halogens is 1. The fraction of sp³-hybridized carbons (Fsp3) is 0.364. The number of nitrogens with zero attached hydrogens (tertiary/aromatic N) is 5. The number of guanidine groups is 1. The quantitative estimate of drug-likeness (QED) is 0.253. The molecule has 31 heavy (non-hydrogen) atoms. The molecular weight excluding hydrogens is 507 g/mol. The van der Waals surface area contributed by atoms with Crippen LogP contribution in [0.25, 0.3) is 11.6 Å². The van der Waals surface area contributed by atoms with Gasteiger partial charge in [-0.3, -0.25) is 9.98 Å². The molecule has 1 aromatic carbocycles. The van der Waals surface area contributed by atoms with Crippen molar-refractivity contribution in [3.8, 4) is 17.3 Å². The Morgan fingerprint density at radius 2 is 1.97 bits per heavy atom. The van der Waals surface area contributed by atoms with E-state index in [2.05, 4.69) is 44.4 Å². The molecule has 1 N–H and O–H groups in total. The van der Waals surface area contributed by atoms with Crippen LogP contribution >= 0.6 is 24.0 Å². The smallest absolute Gasteiger partial charge is 0.276 e. The number of aliphatic imine (C=N–C) groups is 1. The van der Waals surface area contributed by atoms with Crippen molar-refractivity contribution in [1.29, 1.82) is 0 Å². The van der Waals surface area contributed by atoms with Crippen molar-refractivity contribution in [3.63, 3.8) is 0 Å². The van der Waals surface area contributed by atoms with Gasteiger partial charge in [-0.15, -0.1) is 24.0 Å². The number of aromatic nitrogens is 3. The topological polar surface area (TPSA) is 88.7 Å². The van der Waals surface area contributed by atoms with E-state index in [4.69, 9.17) is 14.3 Å². The third-order valence-corrected chi connectivity index (χ3v) is 4.30.